The highest BCUT2D eigenvalue weighted by Gasteiger charge is 2.38. The van der Waals surface area contributed by atoms with Gasteiger partial charge in [0.2, 0.25) is 5.91 Å². The first-order chi connectivity index (χ1) is 12.4. The van der Waals surface area contributed by atoms with E-state index in [0.717, 1.165) is 10.5 Å². The summed E-state index contributed by atoms with van der Waals surface area (Å²) in [6, 6.07) is 8.85. The van der Waals surface area contributed by atoms with Crippen LogP contribution >= 0.6 is 0 Å². The second-order valence-corrected chi connectivity index (χ2v) is 5.78. The van der Waals surface area contributed by atoms with Crippen LogP contribution in [0.25, 0.3) is 0 Å². The van der Waals surface area contributed by atoms with E-state index in [1.807, 2.05) is 19.1 Å². The van der Waals surface area contributed by atoms with Gasteiger partial charge in [0, 0.05) is 11.8 Å². The number of rotatable bonds is 4. The average Bonchev–Trinajstić information content (AvgIpc) is 2.62. The number of ether oxygens (including phenoxy) is 1. The van der Waals surface area contributed by atoms with Crippen molar-refractivity contribution in [3.63, 3.8) is 0 Å². The Balaban J connectivity index is 1.91. The van der Waals surface area contributed by atoms with Gasteiger partial charge in [0.25, 0.3) is 11.7 Å². The zero-order chi connectivity index (χ0) is 18.8. The summed E-state index contributed by atoms with van der Waals surface area (Å²) < 4.78 is 5.26. The molecule has 1 unspecified atom stereocenters. The van der Waals surface area contributed by atoms with Crippen LogP contribution in [0.1, 0.15) is 12.5 Å². The van der Waals surface area contributed by atoms with E-state index in [4.69, 9.17) is 4.74 Å². The summed E-state index contributed by atoms with van der Waals surface area (Å²) in [7, 11) is 0. The molecule has 0 saturated carbocycles. The highest BCUT2D eigenvalue weighted by atomic mass is 16.6. The number of aryl methyl sites for hydroxylation is 1. The molecule has 1 aliphatic heterocycles. The number of carbonyl (C=O) groups excluding carboxylic acids is 2. The van der Waals surface area contributed by atoms with Gasteiger partial charge in [-0.15, -0.1) is 0 Å². The third-order valence-electron chi connectivity index (χ3n) is 4.03. The molecule has 2 amide bonds. The maximum Gasteiger partial charge on any atom is 0.366 e. The molecule has 2 heterocycles. The smallest absolute Gasteiger partial charge is 0.366 e. The summed E-state index contributed by atoms with van der Waals surface area (Å²) in [6.07, 6.45) is 0. The van der Waals surface area contributed by atoms with E-state index in [1.165, 1.54) is 19.1 Å². The molecule has 1 aromatic heterocycles. The van der Waals surface area contributed by atoms with Gasteiger partial charge in [-0.1, -0.05) is 18.2 Å². The van der Waals surface area contributed by atoms with Gasteiger partial charge in [-0.25, -0.2) is 0 Å². The molecule has 0 radical (unpaired) electrons. The largest absolute Gasteiger partial charge is 0.477 e. The molecule has 1 aromatic carbocycles. The second kappa shape index (κ2) is 6.79. The van der Waals surface area contributed by atoms with Crippen molar-refractivity contribution in [2.24, 2.45) is 0 Å². The summed E-state index contributed by atoms with van der Waals surface area (Å²) in [5, 5.41) is 13.7. The van der Waals surface area contributed by atoms with Crippen LogP contribution in [0.2, 0.25) is 0 Å². The van der Waals surface area contributed by atoms with Crippen LogP contribution in [-0.4, -0.2) is 34.4 Å². The molecular formula is C17H16N4O5. The van der Waals surface area contributed by atoms with E-state index in [0.29, 0.717) is 5.69 Å². The number of benzene rings is 1. The zero-order valence-electron chi connectivity index (χ0n) is 14.1. The number of nitro groups is 1. The van der Waals surface area contributed by atoms with Crippen molar-refractivity contribution in [2.75, 3.05) is 16.8 Å². The number of carbonyl (C=O) groups is 2. The third-order valence-corrected chi connectivity index (χ3v) is 4.03. The number of nitrogens with zero attached hydrogens (tertiary/aromatic N) is 3. The van der Waals surface area contributed by atoms with Gasteiger partial charge in [-0.05, 0) is 41.5 Å². The molecule has 9 heteroatoms. The quantitative estimate of drug-likeness (QED) is 0.662. The average molecular weight is 356 g/mol. The lowest BCUT2D eigenvalue weighted by molar-refractivity contribution is -0.389. The number of hydrogen-bond donors (Lipinski definition) is 1. The summed E-state index contributed by atoms with van der Waals surface area (Å²) in [6.45, 7) is 3.11. The molecule has 26 heavy (non-hydrogen) atoms. The minimum absolute atomic E-state index is 0.0390. The molecule has 0 aliphatic carbocycles. The minimum atomic E-state index is -0.931. The molecule has 1 N–H and O–H groups in total. The molecular weight excluding hydrogens is 340 g/mol. The van der Waals surface area contributed by atoms with Gasteiger partial charge < -0.3 is 20.2 Å². The zero-order valence-corrected chi connectivity index (χ0v) is 14.1. The van der Waals surface area contributed by atoms with Crippen LogP contribution in [0, 0.1) is 17.0 Å². The van der Waals surface area contributed by atoms with Gasteiger partial charge >= 0.3 is 5.82 Å². The monoisotopic (exact) mass is 356 g/mol. The molecule has 0 bridgehead atoms. The Bertz CT molecular complexity index is 898. The molecule has 3 rings (SSSR count). The lowest BCUT2D eigenvalue weighted by Gasteiger charge is -2.29. The molecule has 9 nitrogen and oxygen atoms in total. The number of pyridine rings is 1. The molecule has 2 aromatic rings. The van der Waals surface area contributed by atoms with Crippen LogP contribution in [-0.2, 0) is 9.59 Å². The van der Waals surface area contributed by atoms with Gasteiger partial charge in [0.15, 0.2) is 12.4 Å². The highest BCUT2D eigenvalue weighted by Crippen LogP contribution is 2.33. The van der Waals surface area contributed by atoms with Crippen LogP contribution in [0.3, 0.4) is 0 Å². The van der Waals surface area contributed by atoms with E-state index >= 15 is 0 Å². The van der Waals surface area contributed by atoms with Crippen LogP contribution in [0.5, 0.6) is 5.75 Å². The lowest BCUT2D eigenvalue weighted by atomic mass is 10.1. The van der Waals surface area contributed by atoms with Crippen molar-refractivity contribution in [1.82, 2.24) is 4.98 Å². The Morgan fingerprint density at radius 1 is 1.35 bits per heavy atom. The number of hydrogen-bond acceptors (Lipinski definition) is 6. The van der Waals surface area contributed by atoms with Gasteiger partial charge in [-0.2, -0.15) is 0 Å². The Morgan fingerprint density at radius 2 is 2.08 bits per heavy atom. The predicted octanol–water partition coefficient (Wildman–Crippen LogP) is 2.05. The first-order valence-electron chi connectivity index (χ1n) is 7.85. The fraction of sp³-hybridized carbons (Fsp3) is 0.235. The fourth-order valence-corrected chi connectivity index (χ4v) is 2.61. The summed E-state index contributed by atoms with van der Waals surface area (Å²) in [5.41, 5.74) is 1.49. The van der Waals surface area contributed by atoms with Crippen LogP contribution in [0.4, 0.5) is 17.3 Å². The van der Waals surface area contributed by atoms with Crippen molar-refractivity contribution < 1.29 is 19.2 Å². The summed E-state index contributed by atoms with van der Waals surface area (Å²) >= 11 is 0. The van der Waals surface area contributed by atoms with Crippen LogP contribution in [0.15, 0.2) is 36.4 Å². The maximum atomic E-state index is 12.6. The van der Waals surface area contributed by atoms with Crippen molar-refractivity contribution in [1.29, 1.82) is 0 Å². The van der Waals surface area contributed by atoms with Crippen molar-refractivity contribution >= 4 is 29.1 Å². The van der Waals surface area contributed by atoms with Crippen molar-refractivity contribution in [3.8, 4) is 5.75 Å². The van der Waals surface area contributed by atoms with Gasteiger partial charge in [0.05, 0.1) is 0 Å². The van der Waals surface area contributed by atoms with E-state index in [2.05, 4.69) is 10.3 Å². The number of anilines is 2. The third kappa shape index (κ3) is 3.18. The first-order valence-corrected chi connectivity index (χ1v) is 7.85. The predicted molar refractivity (Wildman–Crippen MR) is 93.1 cm³/mol. The molecule has 0 saturated heterocycles. The summed E-state index contributed by atoms with van der Waals surface area (Å²) in [5.74, 6) is -1.20. The SMILES string of the molecule is Cc1ccccc1NC(=O)C(C)N1C(=O)COc2ccc([N+](=O)[O-])nc21. The van der Waals surface area contributed by atoms with Gasteiger partial charge in [0.1, 0.15) is 6.04 Å². The standard InChI is InChI=1S/C17H16N4O5/c1-10-5-3-4-6-12(10)18-17(23)11(2)20-15(22)9-26-13-7-8-14(21(24)25)19-16(13)20/h3-8,11H,9H2,1-2H3,(H,18,23). The maximum absolute atomic E-state index is 12.6. The number of amides is 2. The first kappa shape index (κ1) is 17.3. The summed E-state index contributed by atoms with van der Waals surface area (Å²) in [4.78, 5) is 40.2. The van der Waals surface area contributed by atoms with E-state index in [1.54, 1.807) is 12.1 Å². The normalized spacial score (nSPS) is 14.2. The molecule has 0 spiro atoms. The fourth-order valence-electron chi connectivity index (χ4n) is 2.61. The van der Waals surface area contributed by atoms with E-state index in [-0.39, 0.29) is 18.2 Å². The number of aromatic nitrogens is 1. The molecule has 1 aliphatic rings. The second-order valence-electron chi connectivity index (χ2n) is 5.78. The Kier molecular flexibility index (Phi) is 4.53. The Hall–Kier alpha value is -3.49. The van der Waals surface area contributed by atoms with Crippen molar-refractivity contribution in [2.45, 2.75) is 19.9 Å². The van der Waals surface area contributed by atoms with E-state index < -0.39 is 28.6 Å². The Morgan fingerprint density at radius 3 is 2.77 bits per heavy atom. The van der Waals surface area contributed by atoms with E-state index in [9.17, 15) is 19.7 Å². The van der Waals surface area contributed by atoms with Gasteiger partial charge in [-0.3, -0.25) is 14.5 Å². The molecule has 134 valence electrons. The van der Waals surface area contributed by atoms with Crippen LogP contribution < -0.4 is 15.0 Å². The number of nitrogens with one attached hydrogen (secondary N) is 1. The topological polar surface area (TPSA) is 115 Å². The lowest BCUT2D eigenvalue weighted by Crippen LogP contribution is -2.50. The molecule has 1 atom stereocenters. The van der Waals surface area contributed by atoms with Crippen molar-refractivity contribution in [3.05, 3.63) is 52.1 Å². The Labute approximate surface area is 148 Å². The highest BCUT2D eigenvalue weighted by molar-refractivity contribution is 6.06. The minimum Gasteiger partial charge on any atom is -0.477 e. The number of fused-ring (bicyclic) bond motifs is 1. The number of para-hydroxylation sites is 1. The molecule has 0 fully saturated rings.